The topological polar surface area (TPSA) is 92.4 Å². The Morgan fingerprint density at radius 2 is 2.19 bits per heavy atom. The first kappa shape index (κ1) is 15.2. The minimum Gasteiger partial charge on any atom is -0.459 e. The van der Waals surface area contributed by atoms with Crippen molar-refractivity contribution in [1.29, 1.82) is 0 Å². The summed E-state index contributed by atoms with van der Waals surface area (Å²) in [5.74, 6) is -1.12. The van der Waals surface area contributed by atoms with Crippen molar-refractivity contribution in [3.63, 3.8) is 0 Å². The molecule has 21 heavy (non-hydrogen) atoms. The van der Waals surface area contributed by atoms with Crippen LogP contribution in [0.3, 0.4) is 0 Å². The molecule has 0 bridgehead atoms. The van der Waals surface area contributed by atoms with E-state index in [4.69, 9.17) is 0 Å². The summed E-state index contributed by atoms with van der Waals surface area (Å²) in [5.41, 5.74) is 0.481. The van der Waals surface area contributed by atoms with Gasteiger partial charge < -0.3 is 20.7 Å². The molecule has 3 N–H and O–H groups in total. The summed E-state index contributed by atoms with van der Waals surface area (Å²) in [7, 11) is 0. The Bertz CT molecular complexity index is 501. The van der Waals surface area contributed by atoms with Crippen molar-refractivity contribution in [2.45, 2.75) is 25.8 Å². The number of aromatic nitrogens is 1. The van der Waals surface area contributed by atoms with Gasteiger partial charge in [0.1, 0.15) is 5.82 Å². The summed E-state index contributed by atoms with van der Waals surface area (Å²) in [4.78, 5) is 27.3. The van der Waals surface area contributed by atoms with Crippen LogP contribution in [0.5, 0.6) is 0 Å². The number of nitrogens with zero attached hydrogens (tertiary/aromatic N) is 1. The zero-order valence-corrected chi connectivity index (χ0v) is 12.0. The SMILES string of the molecule is CCOC(=O)C(=O)Nc1cccnc1NC1CCNCC1. The quantitative estimate of drug-likeness (QED) is 0.560. The third-order valence-electron chi connectivity index (χ3n) is 3.20. The van der Waals surface area contributed by atoms with Gasteiger partial charge in [-0.15, -0.1) is 0 Å². The molecule has 0 spiro atoms. The summed E-state index contributed by atoms with van der Waals surface area (Å²) in [6.45, 7) is 3.73. The molecule has 1 aromatic heterocycles. The van der Waals surface area contributed by atoms with Crippen LogP contribution in [0.2, 0.25) is 0 Å². The highest BCUT2D eigenvalue weighted by Crippen LogP contribution is 2.20. The van der Waals surface area contributed by atoms with Crippen LogP contribution >= 0.6 is 0 Å². The van der Waals surface area contributed by atoms with Gasteiger partial charge in [0.05, 0.1) is 12.3 Å². The van der Waals surface area contributed by atoms with Crippen LogP contribution in [0, 0.1) is 0 Å². The highest BCUT2D eigenvalue weighted by Gasteiger charge is 2.19. The van der Waals surface area contributed by atoms with E-state index < -0.39 is 11.9 Å². The Morgan fingerprint density at radius 1 is 1.43 bits per heavy atom. The molecule has 7 heteroatoms. The molecule has 1 amide bonds. The highest BCUT2D eigenvalue weighted by atomic mass is 16.5. The van der Waals surface area contributed by atoms with Crippen molar-refractivity contribution in [2.75, 3.05) is 30.3 Å². The van der Waals surface area contributed by atoms with Gasteiger partial charge in [-0.25, -0.2) is 9.78 Å². The third kappa shape index (κ3) is 4.42. The lowest BCUT2D eigenvalue weighted by atomic mass is 10.1. The van der Waals surface area contributed by atoms with E-state index >= 15 is 0 Å². The second-order valence-electron chi connectivity index (χ2n) is 4.74. The van der Waals surface area contributed by atoms with Gasteiger partial charge in [0.2, 0.25) is 0 Å². The molecule has 7 nitrogen and oxygen atoms in total. The number of pyridine rings is 1. The third-order valence-corrected chi connectivity index (χ3v) is 3.20. The normalized spacial score (nSPS) is 15.3. The standard InChI is InChI=1S/C14H20N4O3/c1-2-21-14(20)13(19)18-11-4-3-7-16-12(11)17-10-5-8-15-9-6-10/h3-4,7,10,15H,2,5-6,8-9H2,1H3,(H,16,17)(H,18,19). The lowest BCUT2D eigenvalue weighted by molar-refractivity contribution is -0.152. The zero-order chi connectivity index (χ0) is 15.1. The van der Waals surface area contributed by atoms with Crippen molar-refractivity contribution in [3.8, 4) is 0 Å². The fraction of sp³-hybridized carbons (Fsp3) is 0.500. The number of rotatable bonds is 4. The zero-order valence-electron chi connectivity index (χ0n) is 12.0. The van der Waals surface area contributed by atoms with Gasteiger partial charge in [0.25, 0.3) is 0 Å². The smallest absolute Gasteiger partial charge is 0.397 e. The summed E-state index contributed by atoms with van der Waals surface area (Å²) in [6, 6.07) is 3.71. The monoisotopic (exact) mass is 292 g/mol. The van der Waals surface area contributed by atoms with E-state index in [0.29, 0.717) is 17.5 Å². The average molecular weight is 292 g/mol. The van der Waals surface area contributed by atoms with Crippen molar-refractivity contribution in [2.24, 2.45) is 0 Å². The molecule has 0 atom stereocenters. The Kier molecular flexibility index (Phi) is 5.51. The lowest BCUT2D eigenvalue weighted by Gasteiger charge is -2.25. The van der Waals surface area contributed by atoms with Gasteiger partial charge >= 0.3 is 11.9 Å². The minimum absolute atomic E-state index is 0.166. The maximum Gasteiger partial charge on any atom is 0.397 e. The first-order valence-electron chi connectivity index (χ1n) is 7.11. The van der Waals surface area contributed by atoms with E-state index in [9.17, 15) is 9.59 Å². The molecule has 0 unspecified atom stereocenters. The highest BCUT2D eigenvalue weighted by molar-refractivity contribution is 6.37. The predicted molar refractivity (Wildman–Crippen MR) is 79.0 cm³/mol. The molecule has 2 rings (SSSR count). The molecule has 1 aliphatic heterocycles. The van der Waals surface area contributed by atoms with Crippen molar-refractivity contribution in [3.05, 3.63) is 18.3 Å². The van der Waals surface area contributed by atoms with Gasteiger partial charge in [-0.1, -0.05) is 0 Å². The molecule has 1 aromatic rings. The molecule has 1 saturated heterocycles. The number of esters is 1. The second kappa shape index (κ2) is 7.58. The van der Waals surface area contributed by atoms with Gasteiger partial charge in [-0.05, 0) is 45.0 Å². The molecular weight excluding hydrogens is 272 g/mol. The number of hydrogen-bond acceptors (Lipinski definition) is 6. The lowest BCUT2D eigenvalue weighted by Crippen LogP contribution is -2.36. The number of carbonyl (C=O) groups excluding carboxylic acids is 2. The molecule has 0 aromatic carbocycles. The largest absolute Gasteiger partial charge is 0.459 e. The number of carbonyl (C=O) groups is 2. The summed E-state index contributed by atoms with van der Waals surface area (Å²) in [6.07, 6.45) is 3.62. The van der Waals surface area contributed by atoms with Crippen LogP contribution < -0.4 is 16.0 Å². The minimum atomic E-state index is -0.894. The fourth-order valence-corrected chi connectivity index (χ4v) is 2.15. The number of amides is 1. The van der Waals surface area contributed by atoms with E-state index in [2.05, 4.69) is 25.7 Å². The van der Waals surface area contributed by atoms with E-state index in [1.54, 1.807) is 25.3 Å². The first-order valence-corrected chi connectivity index (χ1v) is 7.11. The van der Waals surface area contributed by atoms with Gasteiger partial charge in [-0.3, -0.25) is 4.79 Å². The van der Waals surface area contributed by atoms with E-state index in [-0.39, 0.29) is 6.61 Å². The number of anilines is 2. The molecule has 0 saturated carbocycles. The number of hydrogen-bond donors (Lipinski definition) is 3. The average Bonchev–Trinajstić information content (AvgIpc) is 2.50. The van der Waals surface area contributed by atoms with Crippen molar-refractivity contribution < 1.29 is 14.3 Å². The van der Waals surface area contributed by atoms with E-state index in [0.717, 1.165) is 25.9 Å². The van der Waals surface area contributed by atoms with E-state index in [1.165, 1.54) is 0 Å². The van der Waals surface area contributed by atoms with E-state index in [1.807, 2.05) is 0 Å². The van der Waals surface area contributed by atoms with Crippen LogP contribution in [-0.2, 0) is 14.3 Å². The Labute approximate surface area is 123 Å². The Morgan fingerprint density at radius 3 is 2.90 bits per heavy atom. The maximum absolute atomic E-state index is 11.7. The van der Waals surface area contributed by atoms with Crippen LogP contribution in [0.25, 0.3) is 0 Å². The number of nitrogens with one attached hydrogen (secondary N) is 3. The van der Waals surface area contributed by atoms with Crippen LogP contribution in [0.15, 0.2) is 18.3 Å². The van der Waals surface area contributed by atoms with Gasteiger partial charge in [0.15, 0.2) is 0 Å². The van der Waals surface area contributed by atoms with Crippen LogP contribution in [-0.4, -0.2) is 42.6 Å². The first-order chi connectivity index (χ1) is 10.2. The molecule has 1 fully saturated rings. The fourth-order valence-electron chi connectivity index (χ4n) is 2.15. The number of ether oxygens (including phenoxy) is 1. The van der Waals surface area contributed by atoms with Crippen LogP contribution in [0.4, 0.5) is 11.5 Å². The number of piperidine rings is 1. The Hall–Kier alpha value is -2.15. The maximum atomic E-state index is 11.7. The predicted octanol–water partition coefficient (Wildman–Crippen LogP) is 0.747. The van der Waals surface area contributed by atoms with Crippen LogP contribution in [0.1, 0.15) is 19.8 Å². The molecular formula is C14H20N4O3. The molecule has 0 aliphatic carbocycles. The van der Waals surface area contributed by atoms with Gasteiger partial charge in [-0.2, -0.15) is 0 Å². The summed E-state index contributed by atoms with van der Waals surface area (Å²) < 4.78 is 4.67. The second-order valence-corrected chi connectivity index (χ2v) is 4.74. The molecule has 2 heterocycles. The Balaban J connectivity index is 2.02. The van der Waals surface area contributed by atoms with Crippen molar-refractivity contribution >= 4 is 23.4 Å². The molecule has 1 aliphatic rings. The molecule has 114 valence electrons. The summed E-state index contributed by atoms with van der Waals surface area (Å²) >= 11 is 0. The molecule has 0 radical (unpaired) electrons. The van der Waals surface area contributed by atoms with Gasteiger partial charge in [0, 0.05) is 12.2 Å². The van der Waals surface area contributed by atoms with Crippen molar-refractivity contribution in [1.82, 2.24) is 10.3 Å². The summed E-state index contributed by atoms with van der Waals surface area (Å²) in [5, 5.41) is 9.12.